The number of carbonyl (C=O) groups excluding carboxylic acids is 1. The number of fused-ring (bicyclic) bond motifs is 3. The largest absolute Gasteiger partial charge is 0.493 e. The molecule has 5 aromatic rings. The van der Waals surface area contributed by atoms with E-state index in [1.54, 1.807) is 6.20 Å². The lowest BCUT2D eigenvalue weighted by Crippen LogP contribution is -2.36. The molecule has 8 nitrogen and oxygen atoms in total. The molecule has 1 saturated heterocycles. The van der Waals surface area contributed by atoms with Crippen LogP contribution < -0.4 is 20.3 Å². The third-order valence-corrected chi connectivity index (χ3v) is 7.96. The summed E-state index contributed by atoms with van der Waals surface area (Å²) in [7, 11) is 0. The van der Waals surface area contributed by atoms with Gasteiger partial charge in [0.2, 0.25) is 0 Å². The molecule has 0 saturated carbocycles. The molecule has 0 bridgehead atoms. The summed E-state index contributed by atoms with van der Waals surface area (Å²) in [6.45, 7) is 3.85. The zero-order chi connectivity index (χ0) is 29.2. The predicted octanol–water partition coefficient (Wildman–Crippen LogP) is 6.54. The number of nitriles is 1. The molecule has 2 aliphatic heterocycles. The van der Waals surface area contributed by atoms with Gasteiger partial charge in [0.1, 0.15) is 17.5 Å². The summed E-state index contributed by atoms with van der Waals surface area (Å²) in [5.41, 5.74) is 7.37. The molecule has 2 aliphatic rings. The standard InChI is InChI=1S/C35H29N5O3/c36-22-34-29-3-1-2-27(28(29)12-14-37-34)24-5-10-30-32(21-24)38-31-11-4-23(20-33(31)39-35(30)41)13-17-43-26-8-6-25(7-9-26)40-15-18-42-19-16-40/h1-12,14,20-21,38H,13,15-19H2,(H,39,41). The monoisotopic (exact) mass is 567 g/mol. The maximum Gasteiger partial charge on any atom is 0.257 e. The van der Waals surface area contributed by atoms with E-state index < -0.39 is 0 Å². The minimum Gasteiger partial charge on any atom is -0.493 e. The van der Waals surface area contributed by atoms with E-state index in [9.17, 15) is 10.1 Å². The van der Waals surface area contributed by atoms with Crippen molar-refractivity contribution >= 4 is 39.4 Å². The molecule has 0 spiro atoms. The van der Waals surface area contributed by atoms with Crippen LogP contribution in [0, 0.1) is 11.3 Å². The number of morpholine rings is 1. The number of nitrogens with zero attached hydrogens (tertiary/aromatic N) is 3. The van der Waals surface area contributed by atoms with Crippen molar-refractivity contribution in [3.63, 3.8) is 0 Å². The summed E-state index contributed by atoms with van der Waals surface area (Å²) in [4.78, 5) is 19.7. The molecule has 1 aromatic heterocycles. The molecule has 0 atom stereocenters. The molecule has 4 aromatic carbocycles. The maximum absolute atomic E-state index is 13.2. The van der Waals surface area contributed by atoms with Gasteiger partial charge in [-0.15, -0.1) is 0 Å². The molecule has 212 valence electrons. The molecule has 3 heterocycles. The van der Waals surface area contributed by atoms with E-state index in [0.29, 0.717) is 24.3 Å². The number of hydrogen-bond acceptors (Lipinski definition) is 7. The average molecular weight is 568 g/mol. The molecular formula is C35H29N5O3. The first-order chi connectivity index (χ1) is 21.2. The minimum absolute atomic E-state index is 0.171. The van der Waals surface area contributed by atoms with E-state index in [4.69, 9.17) is 9.47 Å². The number of benzene rings is 4. The Bertz CT molecular complexity index is 1870. The second-order valence-corrected chi connectivity index (χ2v) is 10.6. The number of carbonyl (C=O) groups is 1. The molecule has 43 heavy (non-hydrogen) atoms. The zero-order valence-electron chi connectivity index (χ0n) is 23.5. The first-order valence-corrected chi connectivity index (χ1v) is 14.4. The molecule has 2 N–H and O–H groups in total. The van der Waals surface area contributed by atoms with E-state index in [0.717, 1.165) is 76.6 Å². The van der Waals surface area contributed by atoms with Crippen molar-refractivity contribution < 1.29 is 14.3 Å². The summed E-state index contributed by atoms with van der Waals surface area (Å²) in [6, 6.07) is 29.9. The van der Waals surface area contributed by atoms with Crippen LogP contribution in [-0.4, -0.2) is 43.8 Å². The van der Waals surface area contributed by atoms with Crippen LogP contribution >= 0.6 is 0 Å². The fourth-order valence-corrected chi connectivity index (χ4v) is 5.72. The third-order valence-electron chi connectivity index (χ3n) is 7.96. The Morgan fingerprint density at radius 3 is 2.56 bits per heavy atom. The minimum atomic E-state index is -0.171. The van der Waals surface area contributed by atoms with E-state index in [2.05, 4.69) is 44.8 Å². The molecule has 0 unspecified atom stereocenters. The highest BCUT2D eigenvalue weighted by atomic mass is 16.5. The number of pyridine rings is 1. The summed E-state index contributed by atoms with van der Waals surface area (Å²) < 4.78 is 11.5. The Labute approximate surface area is 249 Å². The molecule has 1 amide bonds. The fourth-order valence-electron chi connectivity index (χ4n) is 5.72. The van der Waals surface area contributed by atoms with Crippen LogP contribution in [0.4, 0.5) is 22.7 Å². The number of nitrogens with one attached hydrogen (secondary N) is 2. The lowest BCUT2D eigenvalue weighted by Gasteiger charge is -2.28. The third kappa shape index (κ3) is 5.34. The van der Waals surface area contributed by atoms with Gasteiger partial charge < -0.3 is 25.0 Å². The summed E-state index contributed by atoms with van der Waals surface area (Å²) in [5.74, 6) is 0.662. The number of ether oxygens (including phenoxy) is 2. The van der Waals surface area contributed by atoms with Gasteiger partial charge in [-0.3, -0.25) is 4.79 Å². The first-order valence-electron chi connectivity index (χ1n) is 14.4. The normalized spacial score (nSPS) is 14.1. The fraction of sp³-hybridized carbons (Fsp3) is 0.171. The van der Waals surface area contributed by atoms with Gasteiger partial charge in [0.05, 0.1) is 42.4 Å². The van der Waals surface area contributed by atoms with Crippen LogP contribution in [0.5, 0.6) is 5.75 Å². The Kier molecular flexibility index (Phi) is 7.07. The van der Waals surface area contributed by atoms with Crippen molar-refractivity contribution in [1.29, 1.82) is 5.26 Å². The summed E-state index contributed by atoms with van der Waals surface area (Å²) >= 11 is 0. The Morgan fingerprint density at radius 2 is 1.72 bits per heavy atom. The zero-order valence-corrected chi connectivity index (χ0v) is 23.5. The number of aromatic nitrogens is 1. The second kappa shape index (κ2) is 11.5. The van der Waals surface area contributed by atoms with Gasteiger partial charge in [0.25, 0.3) is 5.91 Å². The molecular weight excluding hydrogens is 538 g/mol. The SMILES string of the molecule is N#Cc1nccc2c(-c3ccc4c(c3)Nc3ccc(CCOc5ccc(N6CCOCC6)cc5)cc3NC4=O)cccc12. The van der Waals surface area contributed by atoms with Crippen molar-refractivity contribution in [2.75, 3.05) is 48.4 Å². The maximum atomic E-state index is 13.2. The van der Waals surface area contributed by atoms with Gasteiger partial charge >= 0.3 is 0 Å². The van der Waals surface area contributed by atoms with Gasteiger partial charge in [-0.05, 0) is 76.7 Å². The molecule has 0 aliphatic carbocycles. The first kappa shape index (κ1) is 26.5. The van der Waals surface area contributed by atoms with E-state index in [1.165, 1.54) is 5.69 Å². The van der Waals surface area contributed by atoms with Crippen LogP contribution in [0.3, 0.4) is 0 Å². The van der Waals surface area contributed by atoms with Gasteiger partial charge in [0, 0.05) is 36.8 Å². The van der Waals surface area contributed by atoms with Gasteiger partial charge in [0.15, 0.2) is 0 Å². The van der Waals surface area contributed by atoms with E-state index >= 15 is 0 Å². The molecule has 7 rings (SSSR count). The lowest BCUT2D eigenvalue weighted by atomic mass is 9.96. The van der Waals surface area contributed by atoms with Crippen molar-refractivity contribution in [1.82, 2.24) is 4.98 Å². The van der Waals surface area contributed by atoms with Crippen LogP contribution in [-0.2, 0) is 11.2 Å². The number of hydrogen-bond donors (Lipinski definition) is 2. The highest BCUT2D eigenvalue weighted by Gasteiger charge is 2.20. The van der Waals surface area contributed by atoms with Crippen molar-refractivity contribution in [3.8, 4) is 22.9 Å². The second-order valence-electron chi connectivity index (χ2n) is 10.6. The average Bonchev–Trinajstić information content (AvgIpc) is 3.19. The van der Waals surface area contributed by atoms with Gasteiger partial charge in [-0.1, -0.05) is 30.3 Å². The van der Waals surface area contributed by atoms with Crippen molar-refractivity contribution in [3.05, 3.63) is 108 Å². The van der Waals surface area contributed by atoms with Gasteiger partial charge in [-0.2, -0.15) is 5.26 Å². The number of rotatable bonds is 6. The van der Waals surface area contributed by atoms with Crippen LogP contribution in [0.25, 0.3) is 21.9 Å². The van der Waals surface area contributed by atoms with Crippen molar-refractivity contribution in [2.45, 2.75) is 6.42 Å². The molecule has 1 fully saturated rings. The predicted molar refractivity (Wildman–Crippen MR) is 168 cm³/mol. The summed E-state index contributed by atoms with van der Waals surface area (Å²) in [6.07, 6.45) is 2.35. The summed E-state index contributed by atoms with van der Waals surface area (Å²) in [5, 5.41) is 17.8. The Balaban J connectivity index is 1.06. The van der Waals surface area contributed by atoms with Crippen LogP contribution in [0.2, 0.25) is 0 Å². The highest BCUT2D eigenvalue weighted by Crippen LogP contribution is 2.37. The molecule has 0 radical (unpaired) electrons. The smallest absolute Gasteiger partial charge is 0.257 e. The Hall–Kier alpha value is -5.39. The lowest BCUT2D eigenvalue weighted by molar-refractivity contribution is 0.102. The number of amides is 1. The van der Waals surface area contributed by atoms with Crippen molar-refractivity contribution in [2.24, 2.45) is 0 Å². The topological polar surface area (TPSA) is 99.5 Å². The van der Waals surface area contributed by atoms with Gasteiger partial charge in [-0.25, -0.2) is 4.98 Å². The van der Waals surface area contributed by atoms with E-state index in [1.807, 2.05) is 66.7 Å². The van der Waals surface area contributed by atoms with Crippen LogP contribution in [0.15, 0.2) is 91.1 Å². The quantitative estimate of drug-likeness (QED) is 0.240. The van der Waals surface area contributed by atoms with Crippen LogP contribution in [0.1, 0.15) is 21.6 Å². The molecule has 8 heteroatoms. The Morgan fingerprint density at radius 1 is 0.860 bits per heavy atom. The van der Waals surface area contributed by atoms with E-state index in [-0.39, 0.29) is 5.91 Å². The number of anilines is 4. The highest BCUT2D eigenvalue weighted by molar-refractivity contribution is 6.13.